The molecule has 0 amide bonds. The highest BCUT2D eigenvalue weighted by Gasteiger charge is 2.23. The number of nitrogens with two attached hydrogens (primary N) is 6. The molecule has 400 valence electrons. The molecule has 0 aromatic carbocycles. The lowest BCUT2D eigenvalue weighted by Crippen LogP contribution is -2.39. The number of hydrogen-bond acceptors (Lipinski definition) is 10. The molecule has 18 heteroatoms. The van der Waals surface area contributed by atoms with Crippen LogP contribution < -0.4 is 45.0 Å². The zero-order chi connectivity index (χ0) is 47.0. The normalized spacial score (nSPS) is 15.6. The van der Waals surface area contributed by atoms with Gasteiger partial charge in [0.25, 0.3) is 0 Å². The summed E-state index contributed by atoms with van der Waals surface area (Å²) in [4.78, 5) is 16.1. The van der Waals surface area contributed by atoms with E-state index in [0.29, 0.717) is 68.5 Å². The van der Waals surface area contributed by atoms with Gasteiger partial charge < -0.3 is 74.2 Å². The Bertz CT molecular complexity index is 1090. The molecule has 0 aromatic heterocycles. The van der Waals surface area contributed by atoms with E-state index in [1.807, 2.05) is 0 Å². The van der Waals surface area contributed by atoms with E-state index < -0.39 is 12.2 Å². The van der Waals surface area contributed by atoms with Crippen LogP contribution in [0.1, 0.15) is 162 Å². The third-order valence-corrected chi connectivity index (χ3v) is 9.00. The number of guanidine groups is 4. The zero-order valence-electron chi connectivity index (χ0n) is 40.4. The predicted molar refractivity (Wildman–Crippen MR) is 285 cm³/mol. The third kappa shape index (κ3) is 67.4. The largest absolute Gasteiger partial charge is 0.391 e. The van der Waals surface area contributed by atoms with Gasteiger partial charge in [-0.15, -0.1) is 0 Å². The standard InChI is InChI=1S/C22H48N6O3.C8H14O3.2C7H17N3.4CH4/c1-17(2)8-5-11-25-21(23)27-14-19(29)10-7-13-31-16-20(30)15-28-22(24)26-12-6-9-18(3)4;1(2-7-5-10-7)3-9-4-8-6-11-8;2*1-6(2)4-3-5-10-7(8)9;;;;/h17-20,29-30H,5-16H2,1-4H3,(H3,23,25,27)(H3,24,26,28);7-8H,1-6H2;2*6H,3-5H2,1-2H3,(H4,8,9,10);4*1H4. The van der Waals surface area contributed by atoms with Gasteiger partial charge >= 0.3 is 0 Å². The van der Waals surface area contributed by atoms with Gasteiger partial charge in [-0.25, -0.2) is 0 Å². The molecule has 4 unspecified atom stereocenters. The molecular formula is C48H112N12O6. The second-order valence-corrected chi connectivity index (χ2v) is 17.7. The van der Waals surface area contributed by atoms with Crippen molar-refractivity contribution in [2.45, 2.75) is 187 Å². The second kappa shape index (κ2) is 51.2. The van der Waals surface area contributed by atoms with Crippen molar-refractivity contribution in [1.82, 2.24) is 10.6 Å². The molecule has 18 nitrogen and oxygen atoms in total. The maximum Gasteiger partial charge on any atom is 0.188 e. The molecule has 0 saturated carbocycles. The lowest BCUT2D eigenvalue weighted by molar-refractivity contribution is 0.0337. The van der Waals surface area contributed by atoms with Crippen LogP contribution in [0.3, 0.4) is 0 Å². The van der Waals surface area contributed by atoms with Crippen LogP contribution in [0.15, 0.2) is 20.0 Å². The van der Waals surface area contributed by atoms with Crippen molar-refractivity contribution in [3.8, 4) is 0 Å². The second-order valence-electron chi connectivity index (χ2n) is 17.7. The van der Waals surface area contributed by atoms with Crippen LogP contribution in [0.4, 0.5) is 0 Å². The van der Waals surface area contributed by atoms with Crippen LogP contribution in [0.25, 0.3) is 0 Å². The average molecular weight is 954 g/mol. The number of ether oxygens (including phenoxy) is 4. The van der Waals surface area contributed by atoms with E-state index in [9.17, 15) is 10.2 Å². The SMILES string of the molecule is C.C.C.C.C(COCC1CO1)CC1CO1.CC(C)CCCN=C(N)N.CC(C)CCCN=C(N)N.CC(C)CCCN=C(N)NCC(O)COCCCC(O)CN=C(N)NCCCC(C)C. The molecule has 2 aliphatic heterocycles. The summed E-state index contributed by atoms with van der Waals surface area (Å²) in [5, 5.41) is 25.9. The van der Waals surface area contributed by atoms with E-state index in [1.165, 1.54) is 12.8 Å². The molecule has 66 heavy (non-hydrogen) atoms. The van der Waals surface area contributed by atoms with Crippen molar-refractivity contribution in [3.63, 3.8) is 0 Å². The van der Waals surface area contributed by atoms with Gasteiger partial charge in [0.05, 0.1) is 51.3 Å². The Labute approximate surface area is 406 Å². The van der Waals surface area contributed by atoms with Crippen molar-refractivity contribution >= 4 is 23.8 Å². The first-order valence-electron chi connectivity index (χ1n) is 23.3. The first kappa shape index (κ1) is 74.4. The Morgan fingerprint density at radius 2 is 0.985 bits per heavy atom. The fourth-order valence-electron chi connectivity index (χ4n) is 5.20. The Hall–Kier alpha value is -3.16. The Morgan fingerprint density at radius 1 is 0.545 bits per heavy atom. The third-order valence-electron chi connectivity index (χ3n) is 9.00. The van der Waals surface area contributed by atoms with Gasteiger partial charge in [-0.1, -0.05) is 85.1 Å². The van der Waals surface area contributed by atoms with Crippen molar-refractivity contribution in [2.24, 2.45) is 78.0 Å². The van der Waals surface area contributed by atoms with Crippen molar-refractivity contribution in [2.75, 3.05) is 78.9 Å². The lowest BCUT2D eigenvalue weighted by Gasteiger charge is -2.13. The number of hydrogen-bond donors (Lipinski definition) is 10. The van der Waals surface area contributed by atoms with Crippen molar-refractivity contribution in [1.29, 1.82) is 0 Å². The van der Waals surface area contributed by atoms with E-state index >= 15 is 0 Å². The fourth-order valence-corrected chi connectivity index (χ4v) is 5.20. The molecule has 2 fully saturated rings. The smallest absolute Gasteiger partial charge is 0.188 e. The van der Waals surface area contributed by atoms with Gasteiger partial charge in [-0.3, -0.25) is 20.0 Å². The Kier molecular flexibility index (Phi) is 57.7. The summed E-state index contributed by atoms with van der Waals surface area (Å²) in [6.07, 6.45) is 12.1. The van der Waals surface area contributed by atoms with E-state index in [2.05, 4.69) is 86.0 Å². The summed E-state index contributed by atoms with van der Waals surface area (Å²) in [7, 11) is 0. The van der Waals surface area contributed by atoms with E-state index in [-0.39, 0.29) is 54.8 Å². The number of nitrogens with one attached hydrogen (secondary N) is 2. The Balaban J connectivity index is -0.000000210. The fraction of sp³-hybridized carbons (Fsp3) is 0.917. The number of rotatable bonds is 32. The van der Waals surface area contributed by atoms with Gasteiger partial charge in [0, 0.05) is 45.9 Å². The first-order chi connectivity index (χ1) is 29.4. The highest BCUT2D eigenvalue weighted by Crippen LogP contribution is 2.15. The summed E-state index contributed by atoms with van der Waals surface area (Å²) in [6, 6.07) is 0. The van der Waals surface area contributed by atoms with E-state index in [0.717, 1.165) is 109 Å². The highest BCUT2D eigenvalue weighted by molar-refractivity contribution is 5.78. The molecular weight excluding hydrogens is 841 g/mol. The summed E-state index contributed by atoms with van der Waals surface area (Å²) in [6.45, 7) is 25.2. The summed E-state index contributed by atoms with van der Waals surface area (Å²) in [5.41, 5.74) is 32.1. The maximum atomic E-state index is 9.98. The molecule has 16 N–H and O–H groups in total. The van der Waals surface area contributed by atoms with Gasteiger partial charge in [0.2, 0.25) is 0 Å². The molecule has 2 saturated heterocycles. The molecule has 2 aliphatic rings. The summed E-state index contributed by atoms with van der Waals surface area (Å²) >= 11 is 0. The molecule has 2 heterocycles. The number of aliphatic imine (C=N–C) groups is 4. The Morgan fingerprint density at radius 3 is 1.44 bits per heavy atom. The monoisotopic (exact) mass is 953 g/mol. The van der Waals surface area contributed by atoms with Crippen molar-refractivity contribution in [3.05, 3.63) is 0 Å². The van der Waals surface area contributed by atoms with E-state index in [4.69, 9.17) is 53.3 Å². The van der Waals surface area contributed by atoms with Crippen molar-refractivity contribution < 1.29 is 29.2 Å². The molecule has 0 aromatic rings. The minimum Gasteiger partial charge on any atom is -0.391 e. The van der Waals surface area contributed by atoms with Gasteiger partial charge in [0.1, 0.15) is 6.10 Å². The lowest BCUT2D eigenvalue weighted by atomic mass is 10.1. The molecule has 0 spiro atoms. The average Bonchev–Trinajstić information content (AvgIpc) is 4.14. The number of epoxide rings is 2. The topological polar surface area (TPSA) is 314 Å². The van der Waals surface area contributed by atoms with E-state index in [1.54, 1.807) is 0 Å². The van der Waals surface area contributed by atoms with Crippen LogP contribution in [0, 0.1) is 23.7 Å². The molecule has 0 radical (unpaired) electrons. The molecule has 4 atom stereocenters. The molecule has 0 aliphatic carbocycles. The minimum absolute atomic E-state index is 0. The van der Waals surface area contributed by atoms with Crippen LogP contribution in [0.2, 0.25) is 0 Å². The zero-order valence-corrected chi connectivity index (χ0v) is 40.4. The first-order valence-corrected chi connectivity index (χ1v) is 23.3. The summed E-state index contributed by atoms with van der Waals surface area (Å²) in [5.74, 6) is 3.95. The predicted octanol–water partition coefficient (Wildman–Crippen LogP) is 5.70. The molecule has 0 bridgehead atoms. The van der Waals surface area contributed by atoms with Crippen LogP contribution >= 0.6 is 0 Å². The summed E-state index contributed by atoms with van der Waals surface area (Å²) < 4.78 is 20.9. The highest BCUT2D eigenvalue weighted by atomic mass is 16.6. The quantitative estimate of drug-likeness (QED) is 0.0167. The van der Waals surface area contributed by atoms with Gasteiger partial charge in [-0.2, -0.15) is 0 Å². The van der Waals surface area contributed by atoms with Crippen LogP contribution in [0.5, 0.6) is 0 Å². The maximum absolute atomic E-state index is 9.98. The minimum atomic E-state index is -0.666. The van der Waals surface area contributed by atoms with Crippen LogP contribution in [-0.4, -0.2) is 137 Å². The number of nitrogens with zero attached hydrogens (tertiary/aromatic N) is 4. The van der Waals surface area contributed by atoms with Crippen LogP contribution in [-0.2, 0) is 18.9 Å². The number of aliphatic hydroxyl groups excluding tert-OH is 2. The molecule has 2 rings (SSSR count). The van der Waals surface area contributed by atoms with Gasteiger partial charge in [0.15, 0.2) is 23.8 Å². The number of aliphatic hydroxyl groups is 2. The van der Waals surface area contributed by atoms with Gasteiger partial charge in [-0.05, 0) is 101 Å².